The third kappa shape index (κ3) is 27.3. The molecule has 17 rings (SSSR count). The van der Waals surface area contributed by atoms with Crippen LogP contribution in [-0.2, 0) is 24.1 Å². The number of nitrogens with one attached hydrogen (secondary N) is 1. The van der Waals surface area contributed by atoms with Crippen LogP contribution in [0.1, 0.15) is 55.1 Å². The second-order valence-corrected chi connectivity index (χ2v) is 29.6. The third-order valence-electron chi connectivity index (χ3n) is 19.2. The first kappa shape index (κ1) is 101. The van der Waals surface area contributed by atoms with Gasteiger partial charge in [-0.05, 0) is 219 Å². The molecule has 6 aromatic heterocycles. The molecule has 36 heteroatoms. The molecule has 31 nitrogen and oxygen atoms in total. The molecule has 0 unspecified atom stereocenters. The monoisotopic (exact) mass is 1950 g/mol. The number of ether oxygens (including phenoxy) is 3. The number of carbonyl (C=O) groups excluding carboxylic acids is 4. The molecule has 0 spiro atoms. The van der Waals surface area contributed by atoms with Crippen molar-refractivity contribution in [3.8, 4) is 68.6 Å². The number of nitrogens with zero attached hydrogens (tertiary/aromatic N) is 14. The molecule has 2 amide bonds. The summed E-state index contributed by atoms with van der Waals surface area (Å²) >= 11 is 11.3. The molecule has 6 heterocycles. The number of imidazole rings is 3. The zero-order chi connectivity index (χ0) is 91.9. The van der Waals surface area contributed by atoms with Crippen LogP contribution in [0.4, 0.5) is 34.5 Å². The van der Waals surface area contributed by atoms with Gasteiger partial charge >= 0.3 is 120 Å². The largest absolute Gasteiger partial charge is 1.00 e. The van der Waals surface area contributed by atoms with Gasteiger partial charge in [-0.1, -0.05) is 150 Å². The second kappa shape index (κ2) is 51.1. The van der Waals surface area contributed by atoms with Gasteiger partial charge in [0.25, 0.3) is 6.47 Å². The normalized spacial score (nSPS) is 11.7. The maximum absolute atomic E-state index is 13.9. The minimum atomic E-state index is -0.431. The average Bonchev–Trinajstić information content (AvgIpc) is 1.60. The number of aromatic nitrogens is 12. The molecule has 0 atom stereocenters. The Labute approximate surface area is 858 Å². The maximum Gasteiger partial charge on any atom is 1.00 e. The van der Waals surface area contributed by atoms with E-state index in [1.165, 1.54) is 89.1 Å². The molecular weight excluding hydrogens is 1860 g/mol. The van der Waals surface area contributed by atoms with Crippen LogP contribution in [-0.4, -0.2) is 119 Å². The van der Waals surface area contributed by atoms with Crippen LogP contribution < -0.4 is 177 Å². The fourth-order valence-electron chi connectivity index (χ4n) is 12.7. The summed E-state index contributed by atoms with van der Waals surface area (Å²) in [6, 6.07) is 72.3. The average molecular weight is 1950 g/mol. The first-order chi connectivity index (χ1) is 62.6. The summed E-state index contributed by atoms with van der Waals surface area (Å²) in [5, 5.41) is 12.3. The Morgan fingerprint density at radius 2 is 0.800 bits per heavy atom. The van der Waals surface area contributed by atoms with Crippen molar-refractivity contribution in [1.29, 1.82) is 0 Å². The van der Waals surface area contributed by atoms with Gasteiger partial charge < -0.3 is 63.8 Å². The van der Waals surface area contributed by atoms with Gasteiger partial charge in [0, 0.05) is 62.4 Å². The molecule has 0 radical (unpaired) electrons. The van der Waals surface area contributed by atoms with Crippen molar-refractivity contribution in [1.82, 2.24) is 57.3 Å². The summed E-state index contributed by atoms with van der Waals surface area (Å²) in [6.07, 6.45) is 20.9. The molecule has 130 heavy (non-hydrogen) atoms. The number of anilines is 6. The molecule has 2 fully saturated rings. The number of hydrogen-bond acceptors (Lipinski definition) is 23. The van der Waals surface area contributed by atoms with E-state index in [9.17, 15) is 28.8 Å². The number of hydrogen-bond donors (Lipinski definition) is 5. The van der Waals surface area contributed by atoms with Crippen molar-refractivity contribution in [2.24, 2.45) is 11.7 Å². The number of allylic oxidation sites excluding steroid dienone is 4. The summed E-state index contributed by atoms with van der Waals surface area (Å²) < 4.78 is 32.8. The minimum absolute atomic E-state index is 0. The summed E-state index contributed by atoms with van der Waals surface area (Å²) in [4.78, 5) is 116. The molecular formula is C94H92Br2ClK2N19O12. The number of fused-ring (bicyclic) bond motifs is 3. The van der Waals surface area contributed by atoms with Gasteiger partial charge in [0.05, 0.1) is 34.1 Å². The molecule has 658 valence electrons. The Morgan fingerprint density at radius 1 is 0.485 bits per heavy atom. The van der Waals surface area contributed by atoms with Crippen LogP contribution in [0.2, 0.25) is 0 Å². The summed E-state index contributed by atoms with van der Waals surface area (Å²) in [6.45, 7) is 2.11. The molecule has 15 aromatic rings. The first-order valence-corrected chi connectivity index (χ1v) is 42.6. The number of nitrogen functional groups attached to an aromatic ring is 3. The number of halogens is 3. The molecule has 9 N–H and O–H groups in total. The number of alkyl halides is 2. The molecule has 2 aliphatic rings. The van der Waals surface area contributed by atoms with Crippen LogP contribution >= 0.6 is 43.5 Å². The van der Waals surface area contributed by atoms with E-state index in [0.29, 0.717) is 131 Å². The van der Waals surface area contributed by atoms with Crippen molar-refractivity contribution in [3.63, 3.8) is 0 Å². The van der Waals surface area contributed by atoms with Gasteiger partial charge in [-0.2, -0.15) is 0 Å². The SMILES string of the molecule is CN(C(=O)/C=C/CBr)c1cccc(-n2c(=O)n(-c3ccc(Oc4ccccc4)cc3)c3c(N)ncnc32)c1.CN(C(=O)/C=C/CCC1CC1)c1cccc(-n2c(=O)n(-c3ccc(Oc4ccccc4)cc3)c3c(N)ncnc32)c1.CNc1cccc(-n2c(=O)n(-c3ccc(Oc4ccccc4)cc3)c3c(N)ncnc32)c1.NC1CC1.O=C(Cl)/C=C/CBr.O=CO[O-].[2H]CC.[H-].[K+].[K+]. The Morgan fingerprint density at radius 3 is 1.10 bits per heavy atom. The Balaban J connectivity index is 0.000000221. The summed E-state index contributed by atoms with van der Waals surface area (Å²) in [7, 11) is 5.22. The fraction of sp³-hybridized carbons (Fsp3) is 0.160. The third-order valence-corrected chi connectivity index (χ3v) is 20.1. The number of para-hydroxylation sites is 3. The van der Waals surface area contributed by atoms with Crippen molar-refractivity contribution in [2.45, 2.75) is 58.4 Å². The van der Waals surface area contributed by atoms with Crippen molar-refractivity contribution < 1.29 is 149 Å². The fourth-order valence-corrected chi connectivity index (χ4v) is 13.1. The van der Waals surface area contributed by atoms with Gasteiger partial charge in [0.2, 0.25) is 17.1 Å². The molecule has 2 aliphatic carbocycles. The van der Waals surface area contributed by atoms with E-state index >= 15 is 0 Å². The van der Waals surface area contributed by atoms with Crippen molar-refractivity contribution >= 4 is 135 Å². The Kier molecular flexibility index (Phi) is 39.5. The van der Waals surface area contributed by atoms with Crippen LogP contribution in [0.5, 0.6) is 34.5 Å². The quantitative estimate of drug-likeness (QED) is 0.00714. The van der Waals surface area contributed by atoms with Gasteiger partial charge in [-0.15, -0.1) is 0 Å². The van der Waals surface area contributed by atoms with E-state index in [0.717, 1.165) is 30.2 Å². The Hall–Kier alpha value is -11.6. The molecule has 9 aromatic carbocycles. The van der Waals surface area contributed by atoms with Gasteiger partial charge in [0.1, 0.15) is 70.0 Å². The number of rotatable bonds is 24. The first-order valence-electron chi connectivity index (χ1n) is 40.7. The molecule has 0 aliphatic heterocycles. The van der Waals surface area contributed by atoms with E-state index < -0.39 is 5.24 Å². The van der Waals surface area contributed by atoms with E-state index in [1.807, 2.05) is 134 Å². The maximum atomic E-state index is 13.9. The van der Waals surface area contributed by atoms with E-state index in [4.69, 9.17) is 60.2 Å². The van der Waals surface area contributed by atoms with Crippen LogP contribution in [0.15, 0.2) is 306 Å². The number of likely N-dealkylation sites (N-methyl/N-ethyl adjacent to an activating group) is 2. The van der Waals surface area contributed by atoms with E-state index in [-0.39, 0.29) is 157 Å². The van der Waals surface area contributed by atoms with E-state index in [2.05, 4.69) is 72.0 Å². The molecule has 0 bridgehead atoms. The number of benzene rings is 9. The Bertz CT molecular complexity index is 6610. The number of nitrogens with two attached hydrogens (primary N) is 4. The summed E-state index contributed by atoms with van der Waals surface area (Å²) in [5.74, 6) is 5.12. The van der Waals surface area contributed by atoms with Crippen LogP contribution in [0.25, 0.3) is 67.6 Å². The van der Waals surface area contributed by atoms with Gasteiger partial charge in [-0.25, -0.2) is 58.0 Å². The van der Waals surface area contributed by atoms with Crippen molar-refractivity contribution in [3.05, 3.63) is 323 Å². The minimum Gasteiger partial charge on any atom is -1.00 e. The molecule has 0 saturated heterocycles. The van der Waals surface area contributed by atoms with Crippen LogP contribution in [0.3, 0.4) is 0 Å². The molecule has 2 saturated carbocycles. The van der Waals surface area contributed by atoms with Crippen molar-refractivity contribution in [2.75, 3.05) is 64.1 Å². The van der Waals surface area contributed by atoms with Crippen LogP contribution in [0, 0.1) is 5.92 Å². The van der Waals surface area contributed by atoms with E-state index in [1.54, 1.807) is 159 Å². The predicted octanol–water partition coefficient (Wildman–Crippen LogP) is 9.89. The standard InChI is InChI=1S/C32H30N6O3.C28H23BrN6O3.C24H20N6O2.C4H4BrClO.C3H7N.C2H6.CH2O3.2K.H/c1-36(28(39)13-6-5-8-22-14-15-22)24-9-7-10-25(20-24)38-31-29(30(33)34-21-35-31)37(32(38)40)23-16-18-27(19-17-23)41-26-11-3-2-4-12-26;1-33(24(36)11-6-16-29)20-7-5-8-21(17-20)35-27-25(26(30)31-18-32-27)34(28(35)37)19-12-14-23(15-13-19)38-22-9-3-2-4-10-22;1-26-16-6-5-7-18(14-16)30-23-21(22(25)27-15-28-23)29(24(30)31)17-10-12-20(13-11-17)32-19-8-3-2-4-9-19;5-3-1-2-4(6)7;4-3-1-2-3;1-2;2-1-4-3;;;/h2-4,6-7,9-13,16-22H,5,8,14-15H2,1H3,(H2,33,34,35);2-15,17-18H,16H2,1H3,(H2,30,31,32);2-15,26H,1H3,(H2,25,27,28);1-2H,3H2;3H,1-2,4H2;1-2H3;1,3H;;;/q;;;;;;;2*+1;-1/p-1/b13-6+;11-6+;;2-1+;;;;;;/i;;;;;1D;;;;. The number of amides is 2. The predicted molar refractivity (Wildman–Crippen MR) is 507 cm³/mol. The topological polar surface area (TPSA) is 409 Å². The zero-order valence-corrected chi connectivity index (χ0v) is 82.1. The smallest absolute Gasteiger partial charge is 1.00 e. The second-order valence-electron chi connectivity index (χ2n) is 27.9. The summed E-state index contributed by atoms with van der Waals surface area (Å²) in [5.41, 5.74) is 30.9. The van der Waals surface area contributed by atoms with Gasteiger partial charge in [0.15, 0.2) is 34.4 Å². The van der Waals surface area contributed by atoms with Gasteiger partial charge in [-0.3, -0.25) is 32.9 Å². The number of carbonyl (C=O) groups is 4. The zero-order valence-electron chi connectivity index (χ0n) is 73.9.